The Bertz CT molecular complexity index is 808. The Labute approximate surface area is 134 Å². The fraction of sp³-hybridized carbons (Fsp3) is 0.158. The SMILES string of the molecule is O=C(O)CCc1ccc(NCc2cccc3ncccc23)cc1. The summed E-state index contributed by atoms with van der Waals surface area (Å²) in [5, 5.41) is 13.3. The second kappa shape index (κ2) is 6.92. The lowest BCUT2D eigenvalue weighted by Gasteiger charge is -2.09. The number of hydrogen-bond acceptors (Lipinski definition) is 3. The van der Waals surface area contributed by atoms with Gasteiger partial charge in [-0.05, 0) is 41.8 Å². The maximum absolute atomic E-state index is 10.6. The number of nitrogens with zero attached hydrogens (tertiary/aromatic N) is 1. The molecule has 0 aliphatic carbocycles. The fourth-order valence-electron chi connectivity index (χ4n) is 2.56. The first kappa shape index (κ1) is 15.0. The molecule has 23 heavy (non-hydrogen) atoms. The average Bonchev–Trinajstić information content (AvgIpc) is 2.59. The van der Waals surface area contributed by atoms with E-state index in [-0.39, 0.29) is 6.42 Å². The molecule has 4 nitrogen and oxygen atoms in total. The van der Waals surface area contributed by atoms with Crippen LogP contribution >= 0.6 is 0 Å². The molecule has 2 aromatic carbocycles. The molecule has 3 rings (SSSR count). The lowest BCUT2D eigenvalue weighted by atomic mass is 10.1. The van der Waals surface area contributed by atoms with Gasteiger partial charge in [-0.15, -0.1) is 0 Å². The Balaban J connectivity index is 1.67. The number of aromatic nitrogens is 1. The van der Waals surface area contributed by atoms with Crippen LogP contribution in [0.25, 0.3) is 10.9 Å². The molecule has 2 N–H and O–H groups in total. The van der Waals surface area contributed by atoms with Crippen LogP contribution in [0.1, 0.15) is 17.5 Å². The standard InChI is InChI=1S/C19H18N2O2/c22-19(23)11-8-14-6-9-16(10-7-14)21-13-15-3-1-5-18-17(15)4-2-12-20-18/h1-7,9-10,12,21H,8,11,13H2,(H,22,23). The average molecular weight is 306 g/mol. The second-order valence-electron chi connectivity index (χ2n) is 5.43. The van der Waals surface area contributed by atoms with Crippen molar-refractivity contribution in [1.29, 1.82) is 0 Å². The van der Waals surface area contributed by atoms with Gasteiger partial charge in [-0.1, -0.05) is 30.3 Å². The lowest BCUT2D eigenvalue weighted by Crippen LogP contribution is -2.01. The van der Waals surface area contributed by atoms with Crippen LogP contribution in [-0.2, 0) is 17.8 Å². The number of aliphatic carboxylic acids is 1. The summed E-state index contributed by atoms with van der Waals surface area (Å²) in [4.78, 5) is 15.0. The van der Waals surface area contributed by atoms with Gasteiger partial charge in [0.15, 0.2) is 0 Å². The van der Waals surface area contributed by atoms with Gasteiger partial charge in [0.1, 0.15) is 0 Å². The number of rotatable bonds is 6. The Hall–Kier alpha value is -2.88. The Morgan fingerprint density at radius 2 is 1.87 bits per heavy atom. The van der Waals surface area contributed by atoms with Gasteiger partial charge in [0.05, 0.1) is 5.52 Å². The van der Waals surface area contributed by atoms with Crippen molar-refractivity contribution >= 4 is 22.6 Å². The Morgan fingerprint density at radius 1 is 1.04 bits per heavy atom. The number of aryl methyl sites for hydroxylation is 1. The quantitative estimate of drug-likeness (QED) is 0.726. The number of carboxylic acids is 1. The van der Waals surface area contributed by atoms with Gasteiger partial charge >= 0.3 is 5.97 Å². The minimum Gasteiger partial charge on any atom is -0.481 e. The third-order valence-electron chi connectivity index (χ3n) is 3.80. The molecule has 0 spiro atoms. The number of benzene rings is 2. The van der Waals surface area contributed by atoms with Crippen molar-refractivity contribution in [2.45, 2.75) is 19.4 Å². The van der Waals surface area contributed by atoms with E-state index in [1.54, 1.807) is 6.20 Å². The van der Waals surface area contributed by atoms with Crippen molar-refractivity contribution in [2.75, 3.05) is 5.32 Å². The van der Waals surface area contributed by atoms with E-state index in [4.69, 9.17) is 5.11 Å². The van der Waals surface area contributed by atoms with Crippen molar-refractivity contribution in [3.63, 3.8) is 0 Å². The molecular weight excluding hydrogens is 288 g/mol. The zero-order valence-corrected chi connectivity index (χ0v) is 12.7. The second-order valence-corrected chi connectivity index (χ2v) is 5.43. The van der Waals surface area contributed by atoms with E-state index in [2.05, 4.69) is 22.4 Å². The monoisotopic (exact) mass is 306 g/mol. The van der Waals surface area contributed by atoms with Gasteiger partial charge in [0.2, 0.25) is 0 Å². The number of pyridine rings is 1. The third kappa shape index (κ3) is 3.86. The minimum absolute atomic E-state index is 0.162. The Kier molecular flexibility index (Phi) is 4.52. The van der Waals surface area contributed by atoms with Crippen LogP contribution in [0.3, 0.4) is 0 Å². The molecule has 0 aliphatic rings. The predicted molar refractivity (Wildman–Crippen MR) is 91.5 cm³/mol. The normalized spacial score (nSPS) is 10.6. The molecule has 1 aromatic heterocycles. The number of hydrogen-bond donors (Lipinski definition) is 2. The summed E-state index contributed by atoms with van der Waals surface area (Å²) in [5.74, 6) is -0.767. The molecule has 0 amide bonds. The highest BCUT2D eigenvalue weighted by molar-refractivity contribution is 5.82. The van der Waals surface area contributed by atoms with Crippen LogP contribution in [0.5, 0.6) is 0 Å². The van der Waals surface area contributed by atoms with E-state index in [1.165, 1.54) is 5.56 Å². The van der Waals surface area contributed by atoms with E-state index in [1.807, 2.05) is 42.5 Å². The lowest BCUT2D eigenvalue weighted by molar-refractivity contribution is -0.136. The topological polar surface area (TPSA) is 62.2 Å². The highest BCUT2D eigenvalue weighted by atomic mass is 16.4. The van der Waals surface area contributed by atoms with Crippen molar-refractivity contribution in [3.8, 4) is 0 Å². The molecule has 4 heteroatoms. The fourth-order valence-corrected chi connectivity index (χ4v) is 2.56. The van der Waals surface area contributed by atoms with Crippen LogP contribution in [0.2, 0.25) is 0 Å². The first-order chi connectivity index (χ1) is 11.2. The molecule has 0 atom stereocenters. The summed E-state index contributed by atoms with van der Waals surface area (Å²) in [7, 11) is 0. The summed E-state index contributed by atoms with van der Waals surface area (Å²) in [6.45, 7) is 0.720. The first-order valence-corrected chi connectivity index (χ1v) is 7.59. The zero-order valence-electron chi connectivity index (χ0n) is 12.7. The molecule has 3 aromatic rings. The summed E-state index contributed by atoms with van der Waals surface area (Å²) >= 11 is 0. The number of fused-ring (bicyclic) bond motifs is 1. The number of carboxylic acid groups (broad SMARTS) is 1. The summed E-state index contributed by atoms with van der Waals surface area (Å²) in [6, 6.07) is 18.1. The van der Waals surface area contributed by atoms with Crippen LogP contribution in [0.15, 0.2) is 60.8 Å². The minimum atomic E-state index is -0.767. The molecule has 0 saturated carbocycles. The van der Waals surface area contributed by atoms with Crippen LogP contribution in [0.4, 0.5) is 5.69 Å². The van der Waals surface area contributed by atoms with E-state index < -0.39 is 5.97 Å². The van der Waals surface area contributed by atoms with E-state index in [0.29, 0.717) is 6.42 Å². The molecule has 0 fully saturated rings. The third-order valence-corrected chi connectivity index (χ3v) is 3.80. The van der Waals surface area contributed by atoms with Crippen LogP contribution in [-0.4, -0.2) is 16.1 Å². The molecule has 0 radical (unpaired) electrons. The van der Waals surface area contributed by atoms with Crippen molar-refractivity contribution in [2.24, 2.45) is 0 Å². The van der Waals surface area contributed by atoms with Gasteiger partial charge in [-0.25, -0.2) is 0 Å². The molecule has 0 unspecified atom stereocenters. The highest BCUT2D eigenvalue weighted by Gasteiger charge is 2.02. The zero-order chi connectivity index (χ0) is 16.1. The summed E-state index contributed by atoms with van der Waals surface area (Å²) < 4.78 is 0. The van der Waals surface area contributed by atoms with Gasteiger partial charge in [-0.3, -0.25) is 9.78 Å². The molecule has 116 valence electrons. The van der Waals surface area contributed by atoms with Crippen molar-refractivity contribution in [3.05, 3.63) is 71.9 Å². The number of nitrogens with one attached hydrogen (secondary N) is 1. The van der Waals surface area contributed by atoms with Crippen LogP contribution < -0.4 is 5.32 Å². The largest absolute Gasteiger partial charge is 0.481 e. The number of carbonyl (C=O) groups is 1. The van der Waals surface area contributed by atoms with Gasteiger partial charge < -0.3 is 10.4 Å². The predicted octanol–water partition coefficient (Wildman–Crippen LogP) is 3.86. The molecular formula is C19H18N2O2. The van der Waals surface area contributed by atoms with E-state index in [0.717, 1.165) is 28.7 Å². The molecule has 1 heterocycles. The maximum Gasteiger partial charge on any atom is 0.303 e. The highest BCUT2D eigenvalue weighted by Crippen LogP contribution is 2.18. The molecule has 0 aliphatic heterocycles. The summed E-state index contributed by atoms with van der Waals surface area (Å²) in [6.07, 6.45) is 2.52. The number of anilines is 1. The van der Waals surface area contributed by atoms with Crippen LogP contribution in [0, 0.1) is 0 Å². The van der Waals surface area contributed by atoms with Crippen molar-refractivity contribution in [1.82, 2.24) is 4.98 Å². The van der Waals surface area contributed by atoms with Crippen molar-refractivity contribution < 1.29 is 9.90 Å². The van der Waals surface area contributed by atoms with Gasteiger partial charge in [-0.2, -0.15) is 0 Å². The molecule has 0 saturated heterocycles. The summed E-state index contributed by atoms with van der Waals surface area (Å²) in [5.41, 5.74) is 4.25. The van der Waals surface area contributed by atoms with Gasteiger partial charge in [0.25, 0.3) is 0 Å². The smallest absolute Gasteiger partial charge is 0.303 e. The first-order valence-electron chi connectivity index (χ1n) is 7.59. The van der Waals surface area contributed by atoms with E-state index in [9.17, 15) is 4.79 Å². The van der Waals surface area contributed by atoms with Gasteiger partial charge in [0, 0.05) is 30.2 Å². The Morgan fingerprint density at radius 3 is 2.65 bits per heavy atom. The molecule has 0 bridgehead atoms. The van der Waals surface area contributed by atoms with E-state index >= 15 is 0 Å². The maximum atomic E-state index is 10.6.